The van der Waals surface area contributed by atoms with Crippen LogP contribution in [0.1, 0.15) is 38.8 Å². The number of hydrogen-bond acceptors (Lipinski definition) is 3. The second kappa shape index (κ2) is 8.82. The van der Waals surface area contributed by atoms with Crippen molar-refractivity contribution in [3.05, 3.63) is 102 Å². The maximum Gasteiger partial charge on any atom is 0.157 e. The van der Waals surface area contributed by atoms with E-state index in [1.54, 1.807) is 0 Å². The predicted octanol–water partition coefficient (Wildman–Crippen LogP) is 6.50. The largest absolute Gasteiger partial charge is 0.489 e. The second-order valence-corrected chi connectivity index (χ2v) is 9.21. The fraction of sp³-hybridized carbons (Fsp3) is 0.267. The zero-order chi connectivity index (χ0) is 23.6. The van der Waals surface area contributed by atoms with Gasteiger partial charge in [-0.05, 0) is 55.2 Å². The number of carbonyl (C=O) groups is 2. The third-order valence-corrected chi connectivity index (χ3v) is 7.34. The lowest BCUT2D eigenvalue weighted by Gasteiger charge is -2.36. The summed E-state index contributed by atoms with van der Waals surface area (Å²) in [7, 11) is 0. The smallest absolute Gasteiger partial charge is 0.157 e. The Morgan fingerprint density at radius 2 is 1.12 bits per heavy atom. The van der Waals surface area contributed by atoms with Gasteiger partial charge in [0.1, 0.15) is 18.1 Å². The monoisotopic (exact) mass is 438 g/mol. The van der Waals surface area contributed by atoms with Crippen LogP contribution >= 0.6 is 0 Å². The molecule has 3 aromatic carbocycles. The number of allylic oxidation sites excluding steroid dienone is 1. The zero-order valence-electron chi connectivity index (χ0n) is 19.6. The topological polar surface area (TPSA) is 43.4 Å². The van der Waals surface area contributed by atoms with Gasteiger partial charge in [0, 0.05) is 5.92 Å². The van der Waals surface area contributed by atoms with Crippen molar-refractivity contribution in [1.29, 1.82) is 0 Å². The molecule has 0 heterocycles. The molecule has 1 aliphatic rings. The molecule has 4 atom stereocenters. The number of para-hydroxylation sites is 1. The molecule has 0 aliphatic heterocycles. The van der Waals surface area contributed by atoms with Gasteiger partial charge in [0.05, 0.1) is 10.8 Å². The van der Waals surface area contributed by atoms with Gasteiger partial charge in [0.2, 0.25) is 0 Å². The molecule has 4 unspecified atom stereocenters. The lowest BCUT2D eigenvalue weighted by molar-refractivity contribution is -0.137. The molecule has 3 heteroatoms. The van der Waals surface area contributed by atoms with Crippen molar-refractivity contribution in [2.24, 2.45) is 16.7 Å². The average Bonchev–Trinajstić information content (AvgIpc) is 3.05. The molecule has 168 valence electrons. The predicted molar refractivity (Wildman–Crippen MR) is 133 cm³/mol. The number of benzene rings is 3. The minimum atomic E-state index is -0.989. The molecule has 0 saturated carbocycles. The van der Waals surface area contributed by atoms with Crippen LogP contribution in [0.25, 0.3) is 11.1 Å². The van der Waals surface area contributed by atoms with Crippen LogP contribution in [0.3, 0.4) is 0 Å². The summed E-state index contributed by atoms with van der Waals surface area (Å²) < 4.78 is 6.37. The Kier molecular flexibility index (Phi) is 6.07. The highest BCUT2D eigenvalue weighted by Crippen LogP contribution is 2.61. The number of aldehydes is 1. The van der Waals surface area contributed by atoms with Crippen molar-refractivity contribution in [2.45, 2.75) is 33.8 Å². The summed E-state index contributed by atoms with van der Waals surface area (Å²) in [5.41, 5.74) is 1.81. The van der Waals surface area contributed by atoms with Gasteiger partial charge in [-0.3, -0.25) is 4.79 Å². The molecule has 0 fully saturated rings. The molecule has 4 rings (SSSR count). The molecule has 0 amide bonds. The molecule has 33 heavy (non-hydrogen) atoms. The maximum absolute atomic E-state index is 14.5. The van der Waals surface area contributed by atoms with E-state index in [9.17, 15) is 9.59 Å². The number of rotatable bonds is 7. The molecule has 0 saturated heterocycles. The van der Waals surface area contributed by atoms with Crippen molar-refractivity contribution in [1.82, 2.24) is 0 Å². The van der Waals surface area contributed by atoms with Crippen LogP contribution in [0, 0.1) is 16.7 Å². The summed E-state index contributed by atoms with van der Waals surface area (Å²) in [5.74, 6) is 0.227. The van der Waals surface area contributed by atoms with Crippen LogP contribution in [0.5, 0.6) is 5.75 Å². The van der Waals surface area contributed by atoms with Gasteiger partial charge in [-0.25, -0.2) is 0 Å². The number of hydrogen-bond donors (Lipinski definition) is 0. The summed E-state index contributed by atoms with van der Waals surface area (Å²) in [6, 6.07) is 29.5. The Bertz CT molecular complexity index is 1170. The highest BCUT2D eigenvalue weighted by Gasteiger charge is 2.62. The minimum absolute atomic E-state index is 0.00994. The first-order valence-corrected chi connectivity index (χ1v) is 11.4. The van der Waals surface area contributed by atoms with Crippen LogP contribution in [0.4, 0.5) is 0 Å². The average molecular weight is 439 g/mol. The highest BCUT2D eigenvalue weighted by atomic mass is 16.5. The van der Waals surface area contributed by atoms with E-state index in [0.717, 1.165) is 28.6 Å². The van der Waals surface area contributed by atoms with E-state index in [2.05, 4.69) is 0 Å². The molecular formula is C30H30O3. The van der Waals surface area contributed by atoms with Gasteiger partial charge >= 0.3 is 0 Å². The molecule has 1 aliphatic carbocycles. The van der Waals surface area contributed by atoms with Crippen LogP contribution in [-0.4, -0.2) is 18.2 Å². The van der Waals surface area contributed by atoms with E-state index in [4.69, 9.17) is 4.74 Å². The fourth-order valence-electron chi connectivity index (χ4n) is 5.16. The first-order chi connectivity index (χ1) is 15.8. The quantitative estimate of drug-likeness (QED) is 0.396. The normalized spacial score (nSPS) is 24.4. The van der Waals surface area contributed by atoms with Crippen LogP contribution in [0.15, 0.2) is 91.0 Å². The van der Waals surface area contributed by atoms with Crippen molar-refractivity contribution in [3.63, 3.8) is 0 Å². The minimum Gasteiger partial charge on any atom is -0.489 e. The summed E-state index contributed by atoms with van der Waals surface area (Å²) in [5, 5.41) is 0. The van der Waals surface area contributed by atoms with E-state index < -0.39 is 22.9 Å². The van der Waals surface area contributed by atoms with Crippen LogP contribution in [-0.2, 0) is 9.59 Å². The Hall–Kier alpha value is -3.46. The Morgan fingerprint density at radius 1 is 0.697 bits per heavy atom. The second-order valence-electron chi connectivity index (χ2n) is 9.21. The number of ether oxygens (including phenoxy) is 1. The lowest BCUT2D eigenvalue weighted by atomic mass is 9.67. The van der Waals surface area contributed by atoms with Gasteiger partial charge in [-0.15, -0.1) is 0 Å². The van der Waals surface area contributed by atoms with E-state index in [1.807, 2.05) is 119 Å². The number of ketones is 1. The van der Waals surface area contributed by atoms with Crippen molar-refractivity contribution in [3.8, 4) is 5.75 Å². The summed E-state index contributed by atoms with van der Waals surface area (Å²) in [6.45, 7) is 7.68. The van der Waals surface area contributed by atoms with Gasteiger partial charge in [0.25, 0.3) is 0 Å². The third-order valence-electron chi connectivity index (χ3n) is 7.34. The Labute approximate surface area is 196 Å². The summed E-state index contributed by atoms with van der Waals surface area (Å²) in [4.78, 5) is 26.6. The molecule has 0 N–H and O–H groups in total. The highest BCUT2D eigenvalue weighted by molar-refractivity contribution is 6.22. The third kappa shape index (κ3) is 3.62. The molecule has 0 spiro atoms. The molecular weight excluding hydrogens is 408 g/mol. The molecule has 3 aromatic rings. The molecule has 0 radical (unpaired) electrons. The van der Waals surface area contributed by atoms with E-state index in [0.29, 0.717) is 5.75 Å². The zero-order valence-corrected chi connectivity index (χ0v) is 19.6. The van der Waals surface area contributed by atoms with Gasteiger partial charge in [0.15, 0.2) is 5.78 Å². The molecule has 0 aromatic heterocycles. The number of carbonyl (C=O) groups excluding carboxylic acids is 2. The van der Waals surface area contributed by atoms with Crippen molar-refractivity contribution < 1.29 is 14.3 Å². The lowest BCUT2D eigenvalue weighted by Crippen LogP contribution is -2.46. The SMILES string of the molecule is CC(C=O)C1(C)C(=O)C(C)(C(C)Oc2ccccc2)C(c2ccccc2)=C1c1ccccc1. The van der Waals surface area contributed by atoms with Crippen LogP contribution in [0.2, 0.25) is 0 Å². The Morgan fingerprint density at radius 3 is 1.58 bits per heavy atom. The number of Topliss-reactive ketones (excluding diaryl/α,β-unsaturated/α-hetero) is 1. The maximum atomic E-state index is 14.5. The van der Waals surface area contributed by atoms with Gasteiger partial charge in [-0.1, -0.05) is 85.8 Å². The summed E-state index contributed by atoms with van der Waals surface area (Å²) in [6.07, 6.45) is 0.444. The van der Waals surface area contributed by atoms with Crippen molar-refractivity contribution in [2.75, 3.05) is 0 Å². The van der Waals surface area contributed by atoms with Gasteiger partial charge < -0.3 is 9.53 Å². The van der Waals surface area contributed by atoms with E-state index >= 15 is 0 Å². The first-order valence-electron chi connectivity index (χ1n) is 11.4. The standard InChI is InChI=1S/C30H30O3/c1-21(20-31)29(3)26(23-14-8-5-9-15-23)27(24-16-10-6-11-17-24)30(4,28(29)32)22(2)33-25-18-12-7-13-19-25/h5-22H,1-4H3. The van der Waals surface area contributed by atoms with Gasteiger partial charge in [-0.2, -0.15) is 0 Å². The Balaban J connectivity index is 2.02. The summed E-state index contributed by atoms with van der Waals surface area (Å²) >= 11 is 0. The van der Waals surface area contributed by atoms with E-state index in [1.165, 1.54) is 0 Å². The fourth-order valence-corrected chi connectivity index (χ4v) is 5.16. The molecule has 0 bridgehead atoms. The van der Waals surface area contributed by atoms with E-state index in [-0.39, 0.29) is 5.78 Å². The van der Waals surface area contributed by atoms with Crippen molar-refractivity contribution >= 4 is 23.2 Å². The molecule has 3 nitrogen and oxygen atoms in total. The van der Waals surface area contributed by atoms with Crippen LogP contribution < -0.4 is 4.74 Å². The first kappa shape index (κ1) is 22.7.